The molecule has 6 nitrogen and oxygen atoms in total. The summed E-state index contributed by atoms with van der Waals surface area (Å²) in [4.78, 5) is 22.1. The van der Waals surface area contributed by atoms with Gasteiger partial charge < -0.3 is 11.1 Å². The van der Waals surface area contributed by atoms with E-state index in [2.05, 4.69) is 5.32 Å². The summed E-state index contributed by atoms with van der Waals surface area (Å²) in [6.07, 6.45) is 2.83. The SMILES string of the molecule is Cl.NC1(CNC(=O)c2ccccc2[N+](=O)[O-])CCC1. The largest absolute Gasteiger partial charge is 0.350 e. The van der Waals surface area contributed by atoms with E-state index in [9.17, 15) is 14.9 Å². The Morgan fingerprint density at radius 3 is 2.58 bits per heavy atom. The number of para-hydroxylation sites is 1. The lowest BCUT2D eigenvalue weighted by Crippen LogP contribution is -2.54. The van der Waals surface area contributed by atoms with Crippen LogP contribution >= 0.6 is 12.4 Å². The van der Waals surface area contributed by atoms with E-state index in [-0.39, 0.29) is 29.2 Å². The fraction of sp³-hybridized carbons (Fsp3) is 0.417. The van der Waals surface area contributed by atoms with Crippen LogP contribution in [0.15, 0.2) is 24.3 Å². The van der Waals surface area contributed by atoms with Crippen LogP contribution in [-0.4, -0.2) is 22.9 Å². The molecule has 104 valence electrons. The summed E-state index contributed by atoms with van der Waals surface area (Å²) < 4.78 is 0. The third kappa shape index (κ3) is 3.42. The lowest BCUT2D eigenvalue weighted by molar-refractivity contribution is -0.385. The van der Waals surface area contributed by atoms with E-state index in [1.165, 1.54) is 18.2 Å². The maximum atomic E-state index is 11.9. The van der Waals surface area contributed by atoms with Gasteiger partial charge in [-0.3, -0.25) is 14.9 Å². The molecule has 0 saturated heterocycles. The zero-order valence-corrected chi connectivity index (χ0v) is 11.1. The molecule has 0 atom stereocenters. The quantitative estimate of drug-likeness (QED) is 0.649. The van der Waals surface area contributed by atoms with Gasteiger partial charge >= 0.3 is 0 Å². The molecule has 1 amide bonds. The zero-order valence-electron chi connectivity index (χ0n) is 10.3. The fourth-order valence-corrected chi connectivity index (χ4v) is 1.98. The van der Waals surface area contributed by atoms with E-state index in [4.69, 9.17) is 5.73 Å². The van der Waals surface area contributed by atoms with Crippen LogP contribution in [0.2, 0.25) is 0 Å². The maximum absolute atomic E-state index is 11.9. The van der Waals surface area contributed by atoms with Crippen molar-refractivity contribution in [3.8, 4) is 0 Å². The number of nitrogens with one attached hydrogen (secondary N) is 1. The van der Waals surface area contributed by atoms with Crippen molar-refractivity contribution in [3.63, 3.8) is 0 Å². The number of nitrogens with two attached hydrogens (primary N) is 1. The van der Waals surface area contributed by atoms with Gasteiger partial charge in [0.25, 0.3) is 11.6 Å². The van der Waals surface area contributed by atoms with E-state index >= 15 is 0 Å². The van der Waals surface area contributed by atoms with E-state index in [1.54, 1.807) is 6.07 Å². The second kappa shape index (κ2) is 5.99. The average Bonchev–Trinajstić information content (AvgIpc) is 2.33. The van der Waals surface area contributed by atoms with Gasteiger partial charge in [0.15, 0.2) is 0 Å². The molecular formula is C12H16ClN3O3. The Morgan fingerprint density at radius 2 is 2.05 bits per heavy atom. The molecule has 2 rings (SSSR count). The second-order valence-electron chi connectivity index (χ2n) is 4.67. The van der Waals surface area contributed by atoms with Gasteiger partial charge in [0.1, 0.15) is 5.56 Å². The minimum Gasteiger partial charge on any atom is -0.350 e. The van der Waals surface area contributed by atoms with Crippen molar-refractivity contribution in [1.29, 1.82) is 0 Å². The molecule has 19 heavy (non-hydrogen) atoms. The van der Waals surface area contributed by atoms with Crippen molar-refractivity contribution in [3.05, 3.63) is 39.9 Å². The molecule has 0 radical (unpaired) electrons. The van der Waals surface area contributed by atoms with Crippen LogP contribution in [0.25, 0.3) is 0 Å². The Balaban J connectivity index is 0.00000180. The highest BCUT2D eigenvalue weighted by molar-refractivity contribution is 5.98. The topological polar surface area (TPSA) is 98.3 Å². The summed E-state index contributed by atoms with van der Waals surface area (Å²) in [5.74, 6) is -0.445. The molecule has 0 aliphatic heterocycles. The second-order valence-corrected chi connectivity index (χ2v) is 4.67. The zero-order chi connectivity index (χ0) is 13.2. The number of nitrogens with zero attached hydrogens (tertiary/aromatic N) is 1. The van der Waals surface area contributed by atoms with Gasteiger partial charge in [-0.25, -0.2) is 0 Å². The molecule has 1 aromatic rings. The number of benzene rings is 1. The van der Waals surface area contributed by atoms with Crippen molar-refractivity contribution < 1.29 is 9.72 Å². The van der Waals surface area contributed by atoms with E-state index < -0.39 is 10.8 Å². The maximum Gasteiger partial charge on any atom is 0.282 e. The van der Waals surface area contributed by atoms with Crippen molar-refractivity contribution >= 4 is 24.0 Å². The first-order chi connectivity index (χ1) is 8.52. The van der Waals surface area contributed by atoms with Crippen LogP contribution in [0.3, 0.4) is 0 Å². The van der Waals surface area contributed by atoms with E-state index in [0.717, 1.165) is 19.3 Å². The predicted molar refractivity (Wildman–Crippen MR) is 73.4 cm³/mol. The first kappa shape index (κ1) is 15.4. The van der Waals surface area contributed by atoms with Gasteiger partial charge in [-0.05, 0) is 25.3 Å². The van der Waals surface area contributed by atoms with Crippen molar-refractivity contribution in [2.24, 2.45) is 5.73 Å². The Kier molecular flexibility index (Phi) is 4.85. The van der Waals surface area contributed by atoms with E-state index in [0.29, 0.717) is 6.54 Å². The number of hydrogen-bond acceptors (Lipinski definition) is 4. The van der Waals surface area contributed by atoms with Gasteiger partial charge in [0.05, 0.1) is 4.92 Å². The van der Waals surface area contributed by atoms with Crippen molar-refractivity contribution in [1.82, 2.24) is 5.32 Å². The number of carbonyl (C=O) groups is 1. The van der Waals surface area contributed by atoms with Crippen LogP contribution in [0, 0.1) is 10.1 Å². The smallest absolute Gasteiger partial charge is 0.282 e. The summed E-state index contributed by atoms with van der Waals surface area (Å²) >= 11 is 0. The molecule has 3 N–H and O–H groups in total. The number of halogens is 1. The molecule has 0 aromatic heterocycles. The molecule has 1 aliphatic carbocycles. The number of nitro groups is 1. The van der Waals surface area contributed by atoms with E-state index in [1.807, 2.05) is 0 Å². The Labute approximate surface area is 116 Å². The normalized spacial score (nSPS) is 15.8. The van der Waals surface area contributed by atoms with Crippen LogP contribution in [0.4, 0.5) is 5.69 Å². The number of nitro benzene ring substituents is 1. The minimum absolute atomic E-state index is 0. The van der Waals surface area contributed by atoms with Gasteiger partial charge in [-0.15, -0.1) is 12.4 Å². The molecular weight excluding hydrogens is 270 g/mol. The molecule has 0 heterocycles. The Bertz CT molecular complexity index is 489. The Morgan fingerprint density at radius 1 is 1.42 bits per heavy atom. The summed E-state index contributed by atoms with van der Waals surface area (Å²) in [5, 5.41) is 13.5. The number of rotatable bonds is 4. The van der Waals surface area contributed by atoms with Crippen LogP contribution in [0.1, 0.15) is 29.6 Å². The first-order valence-electron chi connectivity index (χ1n) is 5.82. The lowest BCUT2D eigenvalue weighted by atomic mass is 9.78. The van der Waals surface area contributed by atoms with Crippen molar-refractivity contribution in [2.75, 3.05) is 6.54 Å². The molecule has 1 saturated carbocycles. The van der Waals surface area contributed by atoms with Gasteiger partial charge in [-0.1, -0.05) is 12.1 Å². The molecule has 0 spiro atoms. The lowest BCUT2D eigenvalue weighted by Gasteiger charge is -2.38. The standard InChI is InChI=1S/C12H15N3O3.ClH/c13-12(6-3-7-12)8-14-11(16)9-4-1-2-5-10(9)15(17)18;/h1-2,4-5H,3,6-8,13H2,(H,14,16);1H. The summed E-state index contributed by atoms with van der Waals surface area (Å²) in [5.41, 5.74) is 5.53. The van der Waals surface area contributed by atoms with Crippen LogP contribution < -0.4 is 11.1 Å². The number of hydrogen-bond donors (Lipinski definition) is 2. The van der Waals surface area contributed by atoms with Gasteiger partial charge in [-0.2, -0.15) is 0 Å². The third-order valence-electron chi connectivity index (χ3n) is 3.30. The molecule has 1 aliphatic rings. The highest BCUT2D eigenvalue weighted by atomic mass is 35.5. The van der Waals surface area contributed by atoms with Crippen molar-refractivity contribution in [2.45, 2.75) is 24.8 Å². The Hall–Kier alpha value is -1.66. The van der Waals surface area contributed by atoms with Crippen LogP contribution in [-0.2, 0) is 0 Å². The monoisotopic (exact) mass is 285 g/mol. The first-order valence-corrected chi connectivity index (χ1v) is 5.82. The predicted octanol–water partition coefficient (Wildman–Crippen LogP) is 1.63. The third-order valence-corrected chi connectivity index (χ3v) is 3.30. The molecule has 1 fully saturated rings. The molecule has 0 unspecified atom stereocenters. The fourth-order valence-electron chi connectivity index (χ4n) is 1.98. The number of carbonyl (C=O) groups excluding carboxylic acids is 1. The summed E-state index contributed by atoms with van der Waals surface area (Å²) in [6, 6.07) is 5.89. The molecule has 1 aromatic carbocycles. The minimum atomic E-state index is -0.559. The number of amides is 1. The van der Waals surface area contributed by atoms with Crippen LogP contribution in [0.5, 0.6) is 0 Å². The highest BCUT2D eigenvalue weighted by Gasteiger charge is 2.33. The summed E-state index contributed by atoms with van der Waals surface area (Å²) in [6.45, 7) is 0.359. The molecule has 0 bridgehead atoms. The molecule has 7 heteroatoms. The average molecular weight is 286 g/mol. The van der Waals surface area contributed by atoms with Gasteiger partial charge in [0.2, 0.25) is 0 Å². The van der Waals surface area contributed by atoms with Gasteiger partial charge in [0, 0.05) is 18.2 Å². The highest BCUT2D eigenvalue weighted by Crippen LogP contribution is 2.28. The summed E-state index contributed by atoms with van der Waals surface area (Å²) in [7, 11) is 0.